The van der Waals surface area contributed by atoms with Crippen molar-refractivity contribution >= 4 is 0 Å². The molecule has 0 spiro atoms. The zero-order chi connectivity index (χ0) is 9.19. The predicted octanol–water partition coefficient (Wildman–Crippen LogP) is 2.29. The second-order valence-electron chi connectivity index (χ2n) is 3.06. The summed E-state index contributed by atoms with van der Waals surface area (Å²) in [5.41, 5.74) is -0.963. The van der Waals surface area contributed by atoms with E-state index < -0.39 is 5.67 Å². The Morgan fingerprint density at radius 2 is 2.08 bits per heavy atom. The van der Waals surface area contributed by atoms with E-state index in [9.17, 15) is 4.39 Å². The van der Waals surface area contributed by atoms with Crippen LogP contribution in [0.3, 0.4) is 0 Å². The molecule has 0 bridgehead atoms. The first kappa shape index (κ1) is 8.97. The maximum atomic E-state index is 13.3. The van der Waals surface area contributed by atoms with Crippen LogP contribution in [-0.2, 0) is 5.67 Å². The Morgan fingerprint density at radius 3 is 2.42 bits per heavy atom. The van der Waals surface area contributed by atoms with E-state index in [0.29, 0.717) is 11.4 Å². The fourth-order valence-corrected chi connectivity index (χ4v) is 0.853. The minimum atomic E-state index is -1.38. The van der Waals surface area contributed by atoms with Crippen molar-refractivity contribution in [1.29, 1.82) is 0 Å². The van der Waals surface area contributed by atoms with Crippen LogP contribution >= 0.6 is 0 Å². The van der Waals surface area contributed by atoms with Crippen LogP contribution in [0.25, 0.3) is 0 Å². The lowest BCUT2D eigenvalue weighted by Gasteiger charge is -2.12. The van der Waals surface area contributed by atoms with Crippen LogP contribution < -0.4 is 4.74 Å². The normalized spacial score (nSPS) is 11.3. The SMILES string of the molecule is COc1ccc(C(C)(C)F)nc1. The molecule has 1 heterocycles. The van der Waals surface area contributed by atoms with Crippen molar-refractivity contribution in [2.45, 2.75) is 19.5 Å². The molecule has 1 aromatic heterocycles. The smallest absolute Gasteiger partial charge is 0.147 e. The number of aromatic nitrogens is 1. The Balaban J connectivity index is 2.93. The number of alkyl halides is 1. The molecule has 0 radical (unpaired) electrons. The van der Waals surface area contributed by atoms with Gasteiger partial charge >= 0.3 is 0 Å². The van der Waals surface area contributed by atoms with Crippen LogP contribution in [0.1, 0.15) is 19.5 Å². The number of methoxy groups -OCH3 is 1. The van der Waals surface area contributed by atoms with Gasteiger partial charge in [-0.25, -0.2) is 4.39 Å². The first-order valence-corrected chi connectivity index (χ1v) is 3.73. The summed E-state index contributed by atoms with van der Waals surface area (Å²) in [6, 6.07) is 3.32. The van der Waals surface area contributed by atoms with Crippen LogP contribution in [0.15, 0.2) is 18.3 Å². The zero-order valence-electron chi connectivity index (χ0n) is 7.47. The molecule has 0 saturated carbocycles. The van der Waals surface area contributed by atoms with Crippen molar-refractivity contribution in [3.63, 3.8) is 0 Å². The van der Waals surface area contributed by atoms with Crippen LogP contribution in [0.4, 0.5) is 4.39 Å². The fraction of sp³-hybridized carbons (Fsp3) is 0.444. The standard InChI is InChI=1S/C9H12FNO/c1-9(2,10)8-5-4-7(12-3)6-11-8/h4-6H,1-3H3. The molecule has 0 aliphatic heterocycles. The highest BCUT2D eigenvalue weighted by Gasteiger charge is 2.19. The van der Waals surface area contributed by atoms with Gasteiger partial charge in [0.05, 0.1) is 19.0 Å². The summed E-state index contributed by atoms with van der Waals surface area (Å²) >= 11 is 0. The van der Waals surface area contributed by atoms with Crippen LogP contribution in [0, 0.1) is 0 Å². The minimum absolute atomic E-state index is 0.420. The van der Waals surface area contributed by atoms with E-state index in [2.05, 4.69) is 4.98 Å². The van der Waals surface area contributed by atoms with E-state index in [1.54, 1.807) is 19.2 Å². The van der Waals surface area contributed by atoms with Gasteiger partial charge in [-0.15, -0.1) is 0 Å². The van der Waals surface area contributed by atoms with E-state index in [1.807, 2.05) is 0 Å². The Labute approximate surface area is 71.4 Å². The molecule has 0 aliphatic rings. The first-order valence-electron chi connectivity index (χ1n) is 3.73. The highest BCUT2D eigenvalue weighted by molar-refractivity contribution is 5.22. The Bertz CT molecular complexity index is 250. The molecule has 0 amide bonds. The molecule has 66 valence electrons. The zero-order valence-corrected chi connectivity index (χ0v) is 7.47. The van der Waals surface area contributed by atoms with Crippen molar-refractivity contribution in [3.05, 3.63) is 24.0 Å². The van der Waals surface area contributed by atoms with Gasteiger partial charge in [0.15, 0.2) is 0 Å². The van der Waals surface area contributed by atoms with Gasteiger partial charge < -0.3 is 4.74 Å². The summed E-state index contributed by atoms with van der Waals surface area (Å²) < 4.78 is 18.2. The van der Waals surface area contributed by atoms with Crippen molar-refractivity contribution < 1.29 is 9.13 Å². The second-order valence-corrected chi connectivity index (χ2v) is 3.06. The molecule has 3 heteroatoms. The lowest BCUT2D eigenvalue weighted by Crippen LogP contribution is -2.10. The summed E-state index contributed by atoms with van der Waals surface area (Å²) in [5.74, 6) is 0.642. The minimum Gasteiger partial charge on any atom is -0.495 e. The molecule has 2 nitrogen and oxygen atoms in total. The lowest BCUT2D eigenvalue weighted by atomic mass is 10.1. The lowest BCUT2D eigenvalue weighted by molar-refractivity contribution is 0.214. The molecular formula is C9H12FNO. The van der Waals surface area contributed by atoms with E-state index in [1.165, 1.54) is 20.0 Å². The third-order valence-electron chi connectivity index (χ3n) is 1.58. The number of halogens is 1. The van der Waals surface area contributed by atoms with Gasteiger partial charge in [0.2, 0.25) is 0 Å². The Hall–Kier alpha value is -1.12. The van der Waals surface area contributed by atoms with Gasteiger partial charge in [-0.3, -0.25) is 4.98 Å². The molecule has 0 N–H and O–H groups in total. The van der Waals surface area contributed by atoms with Crippen molar-refractivity contribution in [2.24, 2.45) is 0 Å². The third kappa shape index (κ3) is 1.94. The molecule has 0 atom stereocenters. The number of pyridine rings is 1. The Kier molecular flexibility index (Phi) is 2.31. The van der Waals surface area contributed by atoms with Gasteiger partial charge in [-0.2, -0.15) is 0 Å². The average molecular weight is 169 g/mol. The summed E-state index contributed by atoms with van der Waals surface area (Å²) in [6.07, 6.45) is 1.51. The molecular weight excluding hydrogens is 157 g/mol. The molecule has 0 fully saturated rings. The van der Waals surface area contributed by atoms with Gasteiger partial charge in [0.25, 0.3) is 0 Å². The van der Waals surface area contributed by atoms with Crippen molar-refractivity contribution in [3.8, 4) is 5.75 Å². The fourth-order valence-electron chi connectivity index (χ4n) is 0.853. The molecule has 0 aromatic carbocycles. The van der Waals surface area contributed by atoms with E-state index >= 15 is 0 Å². The highest BCUT2D eigenvalue weighted by Crippen LogP contribution is 2.23. The topological polar surface area (TPSA) is 22.1 Å². The quantitative estimate of drug-likeness (QED) is 0.677. The number of hydrogen-bond donors (Lipinski definition) is 0. The number of ether oxygens (including phenoxy) is 1. The molecule has 0 aliphatic carbocycles. The van der Waals surface area contributed by atoms with E-state index in [-0.39, 0.29) is 0 Å². The highest BCUT2D eigenvalue weighted by atomic mass is 19.1. The monoisotopic (exact) mass is 169 g/mol. The first-order chi connectivity index (χ1) is 5.54. The molecule has 1 rings (SSSR count). The van der Waals surface area contributed by atoms with Gasteiger partial charge in [-0.05, 0) is 26.0 Å². The summed E-state index contributed by atoms with van der Waals surface area (Å²) in [6.45, 7) is 2.95. The van der Waals surface area contributed by atoms with Crippen molar-refractivity contribution in [2.75, 3.05) is 7.11 Å². The molecule has 12 heavy (non-hydrogen) atoms. The number of rotatable bonds is 2. The van der Waals surface area contributed by atoms with Crippen LogP contribution in [0.5, 0.6) is 5.75 Å². The summed E-state index contributed by atoms with van der Waals surface area (Å²) in [5, 5.41) is 0. The van der Waals surface area contributed by atoms with Gasteiger partial charge in [0, 0.05) is 0 Å². The molecule has 0 unspecified atom stereocenters. The predicted molar refractivity (Wildman–Crippen MR) is 44.9 cm³/mol. The van der Waals surface area contributed by atoms with Gasteiger partial charge in [0.1, 0.15) is 11.4 Å². The van der Waals surface area contributed by atoms with Crippen molar-refractivity contribution in [1.82, 2.24) is 4.98 Å². The van der Waals surface area contributed by atoms with Gasteiger partial charge in [-0.1, -0.05) is 0 Å². The molecule has 1 aromatic rings. The second kappa shape index (κ2) is 3.09. The van der Waals surface area contributed by atoms with E-state index in [0.717, 1.165) is 0 Å². The largest absolute Gasteiger partial charge is 0.495 e. The number of nitrogens with zero attached hydrogens (tertiary/aromatic N) is 1. The van der Waals surface area contributed by atoms with Crippen LogP contribution in [0.2, 0.25) is 0 Å². The maximum Gasteiger partial charge on any atom is 0.147 e. The Morgan fingerprint density at radius 1 is 1.42 bits per heavy atom. The average Bonchev–Trinajstić information content (AvgIpc) is 2.03. The van der Waals surface area contributed by atoms with Crippen LogP contribution in [-0.4, -0.2) is 12.1 Å². The number of hydrogen-bond acceptors (Lipinski definition) is 2. The summed E-state index contributed by atoms with van der Waals surface area (Å²) in [7, 11) is 1.55. The summed E-state index contributed by atoms with van der Waals surface area (Å²) in [4.78, 5) is 3.92. The third-order valence-corrected chi connectivity index (χ3v) is 1.58. The van der Waals surface area contributed by atoms with E-state index in [4.69, 9.17) is 4.74 Å². The molecule has 0 saturated heterocycles. The maximum absolute atomic E-state index is 13.3.